The maximum atomic E-state index is 9.52. The third-order valence-corrected chi connectivity index (χ3v) is 3.94. The fraction of sp³-hybridized carbons (Fsp3) is 0.389. The predicted molar refractivity (Wildman–Crippen MR) is 91.9 cm³/mol. The van der Waals surface area contributed by atoms with E-state index in [9.17, 15) is 10.2 Å². The van der Waals surface area contributed by atoms with Crippen LogP contribution < -0.4 is 11.1 Å². The molecular weight excluding hydrogens is 290 g/mol. The molecule has 2 aromatic rings. The molecule has 5 heteroatoms. The highest BCUT2D eigenvalue weighted by Crippen LogP contribution is 2.18. The number of nitrogens with two attached hydrogens (primary N) is 1. The Kier molecular flexibility index (Phi) is 5.58. The van der Waals surface area contributed by atoms with Gasteiger partial charge in [0.2, 0.25) is 0 Å². The Hall–Kier alpha value is -2.11. The molecule has 124 valence electrons. The second-order valence-electron chi connectivity index (χ2n) is 6.41. The molecule has 1 aromatic carbocycles. The number of aryl methyl sites for hydroxylation is 1. The Labute approximate surface area is 137 Å². The second-order valence-corrected chi connectivity index (χ2v) is 6.41. The number of hydrogen-bond donors (Lipinski definition) is 4. The van der Waals surface area contributed by atoms with E-state index < -0.39 is 0 Å². The quantitative estimate of drug-likeness (QED) is 0.629. The van der Waals surface area contributed by atoms with Gasteiger partial charge in [-0.15, -0.1) is 0 Å². The predicted octanol–water partition coefficient (Wildman–Crippen LogP) is 2.36. The van der Waals surface area contributed by atoms with E-state index >= 15 is 0 Å². The molecule has 5 N–H and O–H groups in total. The smallest absolute Gasteiger partial charge is 0.123 e. The minimum atomic E-state index is -0.107. The first-order chi connectivity index (χ1) is 10.9. The van der Waals surface area contributed by atoms with Crippen molar-refractivity contribution in [3.05, 3.63) is 53.2 Å². The van der Waals surface area contributed by atoms with Crippen LogP contribution in [0.25, 0.3) is 0 Å². The number of aromatic hydroxyl groups is 1. The molecule has 0 saturated heterocycles. The van der Waals surface area contributed by atoms with Crippen molar-refractivity contribution in [1.82, 2.24) is 10.3 Å². The topological polar surface area (TPSA) is 91.4 Å². The van der Waals surface area contributed by atoms with Gasteiger partial charge in [-0.25, -0.2) is 4.98 Å². The lowest BCUT2D eigenvalue weighted by atomic mass is 9.95. The standard InChI is InChI=1S/C18H25N3O2/c1-18(2,9-8-13-4-3-5-15(23)10-13)20-11-16-14(12-22)6-7-17(19)21-16/h3-7,10,20,22-23H,8-9,11-12H2,1-2H3,(H2,19,21). The maximum Gasteiger partial charge on any atom is 0.123 e. The zero-order valence-corrected chi connectivity index (χ0v) is 13.7. The summed E-state index contributed by atoms with van der Waals surface area (Å²) in [5.74, 6) is 0.751. The van der Waals surface area contributed by atoms with Crippen molar-refractivity contribution in [3.63, 3.8) is 0 Å². The highest BCUT2D eigenvalue weighted by molar-refractivity contribution is 5.34. The van der Waals surface area contributed by atoms with Crippen LogP contribution in [0, 0.1) is 0 Å². The number of benzene rings is 1. The first-order valence-corrected chi connectivity index (χ1v) is 7.78. The van der Waals surface area contributed by atoms with Crippen molar-refractivity contribution in [2.45, 2.75) is 45.4 Å². The Morgan fingerprint density at radius 3 is 2.70 bits per heavy atom. The monoisotopic (exact) mass is 315 g/mol. The molecular formula is C18H25N3O2. The first kappa shape index (κ1) is 17.2. The molecule has 0 aliphatic heterocycles. The summed E-state index contributed by atoms with van der Waals surface area (Å²) < 4.78 is 0. The van der Waals surface area contributed by atoms with Crippen molar-refractivity contribution >= 4 is 5.82 Å². The van der Waals surface area contributed by atoms with E-state index in [1.54, 1.807) is 24.3 Å². The molecule has 23 heavy (non-hydrogen) atoms. The van der Waals surface area contributed by atoms with Crippen LogP contribution in [0.2, 0.25) is 0 Å². The van der Waals surface area contributed by atoms with Gasteiger partial charge in [-0.2, -0.15) is 0 Å². The highest BCUT2D eigenvalue weighted by Gasteiger charge is 2.18. The molecule has 1 heterocycles. The second kappa shape index (κ2) is 7.44. The van der Waals surface area contributed by atoms with Gasteiger partial charge in [0.25, 0.3) is 0 Å². The highest BCUT2D eigenvalue weighted by atomic mass is 16.3. The minimum absolute atomic E-state index is 0.0476. The summed E-state index contributed by atoms with van der Waals surface area (Å²) in [4.78, 5) is 4.30. The molecule has 0 radical (unpaired) electrons. The Balaban J connectivity index is 1.94. The summed E-state index contributed by atoms with van der Waals surface area (Å²) in [5, 5.41) is 22.4. The largest absolute Gasteiger partial charge is 0.508 e. The van der Waals surface area contributed by atoms with Gasteiger partial charge >= 0.3 is 0 Å². The van der Waals surface area contributed by atoms with E-state index in [0.29, 0.717) is 18.1 Å². The van der Waals surface area contributed by atoms with Crippen molar-refractivity contribution in [3.8, 4) is 5.75 Å². The lowest BCUT2D eigenvalue weighted by Crippen LogP contribution is -2.39. The van der Waals surface area contributed by atoms with Crippen LogP contribution in [0.3, 0.4) is 0 Å². The van der Waals surface area contributed by atoms with E-state index in [0.717, 1.165) is 29.7 Å². The Bertz CT molecular complexity index is 656. The van der Waals surface area contributed by atoms with Gasteiger partial charge in [-0.1, -0.05) is 18.2 Å². The number of hydrogen-bond acceptors (Lipinski definition) is 5. The molecule has 0 aliphatic rings. The maximum absolute atomic E-state index is 9.52. The third kappa shape index (κ3) is 5.23. The number of aromatic nitrogens is 1. The average Bonchev–Trinajstić information content (AvgIpc) is 2.51. The molecule has 0 amide bonds. The van der Waals surface area contributed by atoms with Gasteiger partial charge in [-0.05, 0) is 50.5 Å². The Morgan fingerprint density at radius 1 is 1.22 bits per heavy atom. The molecule has 0 bridgehead atoms. The van der Waals surface area contributed by atoms with Gasteiger partial charge < -0.3 is 21.3 Å². The number of aliphatic hydroxyl groups is 1. The van der Waals surface area contributed by atoms with Gasteiger partial charge in [0, 0.05) is 17.6 Å². The van der Waals surface area contributed by atoms with Crippen LogP contribution in [-0.4, -0.2) is 20.7 Å². The summed E-state index contributed by atoms with van der Waals surface area (Å²) in [6, 6.07) is 10.8. The first-order valence-electron chi connectivity index (χ1n) is 7.78. The number of phenolic OH excluding ortho intramolecular Hbond substituents is 1. The van der Waals surface area contributed by atoms with Gasteiger partial charge in [0.1, 0.15) is 11.6 Å². The van der Waals surface area contributed by atoms with E-state index in [4.69, 9.17) is 5.73 Å². The minimum Gasteiger partial charge on any atom is -0.508 e. The van der Waals surface area contributed by atoms with Crippen molar-refractivity contribution in [1.29, 1.82) is 0 Å². The number of nitrogen functional groups attached to an aromatic ring is 1. The number of anilines is 1. The van der Waals surface area contributed by atoms with Crippen LogP contribution in [0.1, 0.15) is 37.1 Å². The van der Waals surface area contributed by atoms with Crippen LogP contribution in [0.5, 0.6) is 5.75 Å². The van der Waals surface area contributed by atoms with Gasteiger partial charge in [0.15, 0.2) is 0 Å². The van der Waals surface area contributed by atoms with Crippen molar-refractivity contribution < 1.29 is 10.2 Å². The molecule has 0 unspecified atom stereocenters. The van der Waals surface area contributed by atoms with Gasteiger partial charge in [0.05, 0.1) is 12.3 Å². The van der Waals surface area contributed by atoms with Crippen molar-refractivity contribution in [2.75, 3.05) is 5.73 Å². The van der Waals surface area contributed by atoms with E-state index in [2.05, 4.69) is 24.1 Å². The number of rotatable bonds is 7. The normalized spacial score (nSPS) is 11.6. The molecule has 0 saturated carbocycles. The summed E-state index contributed by atoms with van der Waals surface area (Å²) in [6.07, 6.45) is 1.78. The van der Waals surface area contributed by atoms with Crippen molar-refractivity contribution in [2.24, 2.45) is 0 Å². The molecule has 5 nitrogen and oxygen atoms in total. The third-order valence-electron chi connectivity index (χ3n) is 3.94. The molecule has 2 rings (SSSR count). The van der Waals surface area contributed by atoms with E-state index in [1.807, 2.05) is 12.1 Å². The Morgan fingerprint density at radius 2 is 2.00 bits per heavy atom. The zero-order chi connectivity index (χ0) is 16.9. The summed E-state index contributed by atoms with van der Waals surface area (Å²) in [5.41, 5.74) is 8.29. The molecule has 0 fully saturated rings. The van der Waals surface area contributed by atoms with Crippen LogP contribution in [0.4, 0.5) is 5.82 Å². The summed E-state index contributed by atoms with van der Waals surface area (Å²) in [7, 11) is 0. The fourth-order valence-electron chi connectivity index (χ4n) is 2.42. The summed E-state index contributed by atoms with van der Waals surface area (Å²) in [6.45, 7) is 4.75. The van der Waals surface area contributed by atoms with E-state index in [-0.39, 0.29) is 12.1 Å². The lowest BCUT2D eigenvalue weighted by molar-refractivity contribution is 0.278. The number of phenols is 1. The number of aliphatic hydroxyl groups excluding tert-OH is 1. The molecule has 1 aromatic heterocycles. The average molecular weight is 315 g/mol. The fourth-order valence-corrected chi connectivity index (χ4v) is 2.42. The van der Waals surface area contributed by atoms with Crippen LogP contribution in [-0.2, 0) is 19.6 Å². The number of pyridine rings is 1. The number of nitrogens with zero attached hydrogens (tertiary/aromatic N) is 1. The SMILES string of the molecule is CC(C)(CCc1cccc(O)c1)NCc1nc(N)ccc1CO. The molecule has 0 atom stereocenters. The number of nitrogens with one attached hydrogen (secondary N) is 1. The summed E-state index contributed by atoms with van der Waals surface area (Å²) >= 11 is 0. The van der Waals surface area contributed by atoms with Gasteiger partial charge in [-0.3, -0.25) is 0 Å². The molecule has 0 aliphatic carbocycles. The van der Waals surface area contributed by atoms with Crippen LogP contribution in [0.15, 0.2) is 36.4 Å². The lowest BCUT2D eigenvalue weighted by Gasteiger charge is -2.27. The zero-order valence-electron chi connectivity index (χ0n) is 13.7. The molecule has 0 spiro atoms. The van der Waals surface area contributed by atoms with E-state index in [1.165, 1.54) is 0 Å². The van der Waals surface area contributed by atoms with Crippen LogP contribution >= 0.6 is 0 Å².